The molecule has 13 nitrogen and oxygen atoms in total. The highest BCUT2D eigenvalue weighted by Gasteiger charge is 2.58. The molecule has 3 aromatic rings. The third-order valence-corrected chi connectivity index (χ3v) is 7.78. The van der Waals surface area contributed by atoms with E-state index in [0.29, 0.717) is 0 Å². The Balaban J connectivity index is 1.55. The number of para-hydroxylation sites is 1. The largest absolute Gasteiger partial charge is 0.462 e. The molecule has 212 valence electrons. The Hall–Kier alpha value is -2.58. The van der Waals surface area contributed by atoms with Crippen molar-refractivity contribution in [2.45, 2.75) is 56.5 Å². The van der Waals surface area contributed by atoms with Crippen LogP contribution in [0.5, 0.6) is 5.75 Å². The smallest absolute Gasteiger partial charge is 0.459 e. The minimum atomic E-state index is -4.33. The highest BCUT2D eigenvalue weighted by molar-refractivity contribution is 7.52. The van der Waals surface area contributed by atoms with Crippen LogP contribution in [0.1, 0.15) is 27.0 Å². The molecule has 39 heavy (non-hydrogen) atoms. The number of carbonyl (C=O) groups excluding carboxylic acids is 1. The fourth-order valence-electron chi connectivity index (χ4n) is 3.68. The number of halogens is 3. The Morgan fingerprint density at radius 3 is 2.69 bits per heavy atom. The van der Waals surface area contributed by atoms with Gasteiger partial charge in [-0.05, 0) is 32.9 Å². The second kappa shape index (κ2) is 11.5. The molecule has 1 saturated heterocycles. The molecular weight excluding hydrogens is 581 g/mol. The van der Waals surface area contributed by atoms with Crippen LogP contribution in [0.2, 0.25) is 5.15 Å². The van der Waals surface area contributed by atoms with E-state index in [1.807, 2.05) is 0 Å². The number of rotatable bonds is 10. The number of aliphatic hydroxyl groups excluding tert-OH is 1. The summed E-state index contributed by atoms with van der Waals surface area (Å²) in [6, 6.07) is 6.88. The van der Waals surface area contributed by atoms with Crippen molar-refractivity contribution in [3.8, 4) is 5.75 Å². The van der Waals surface area contributed by atoms with Crippen LogP contribution in [-0.2, 0) is 23.4 Å². The van der Waals surface area contributed by atoms with E-state index in [0.717, 1.165) is 10.9 Å². The standard InChI is InChI=1S/C22H26Cl2FN6O7P/c1-11(2)36-19(33)12(3)30-39(34,38-13-7-5-4-6-8-13)35-9-14-16(32)22(24,25)20(37-14)31-10-27-15-17(23)28-21(26)29-18(15)31/h4-8,10-12,14,16,20,32H,9H2,1-3H3,(H,30,34)(H2,26,28,29)/t12-,14?,16?,20+,22+,39?/m0/s1. The number of fused-ring (bicyclic) bond motifs is 1. The van der Waals surface area contributed by atoms with E-state index in [4.69, 9.17) is 47.5 Å². The minimum absolute atomic E-state index is 0.00572. The molecule has 4 rings (SSSR count). The third kappa shape index (κ3) is 6.43. The highest BCUT2D eigenvalue weighted by Crippen LogP contribution is 2.49. The molecule has 0 aliphatic carbocycles. The lowest BCUT2D eigenvalue weighted by molar-refractivity contribution is -0.149. The number of nitrogens with zero attached hydrogens (tertiary/aromatic N) is 4. The Kier molecular flexibility index (Phi) is 8.67. The lowest BCUT2D eigenvalue weighted by Gasteiger charge is -2.25. The molecule has 1 aliphatic heterocycles. The van der Waals surface area contributed by atoms with Gasteiger partial charge in [0.25, 0.3) is 5.13 Å². The van der Waals surface area contributed by atoms with Crippen LogP contribution >= 0.6 is 30.9 Å². The van der Waals surface area contributed by atoms with Gasteiger partial charge in [0.15, 0.2) is 17.0 Å². The molecule has 0 amide bonds. The number of alkyl halides is 2. The van der Waals surface area contributed by atoms with Gasteiger partial charge >= 0.3 is 13.7 Å². The van der Waals surface area contributed by atoms with Crippen LogP contribution in [0.4, 0.5) is 10.3 Å². The summed E-state index contributed by atoms with van der Waals surface area (Å²) in [7, 11) is -4.33. The molecule has 1 aliphatic rings. The van der Waals surface area contributed by atoms with Gasteiger partial charge in [0.2, 0.25) is 5.95 Å². The number of ether oxygens (including phenoxy) is 2. The van der Waals surface area contributed by atoms with E-state index in [9.17, 15) is 14.5 Å². The first-order valence-electron chi connectivity index (χ1n) is 11.6. The summed E-state index contributed by atoms with van der Waals surface area (Å²) in [6.45, 7) is 4.05. The van der Waals surface area contributed by atoms with Gasteiger partial charge in [-0.2, -0.15) is 15.1 Å². The van der Waals surface area contributed by atoms with Gasteiger partial charge in [0, 0.05) is 0 Å². The lowest BCUT2D eigenvalue weighted by atomic mass is 10.1. The Bertz CT molecular complexity index is 1380. The zero-order valence-electron chi connectivity index (χ0n) is 20.9. The van der Waals surface area contributed by atoms with Crippen LogP contribution in [0.3, 0.4) is 0 Å². The second-order valence-electron chi connectivity index (χ2n) is 8.88. The normalized spacial score (nSPS) is 25.5. The number of esters is 1. The van der Waals surface area contributed by atoms with Gasteiger partial charge in [-0.3, -0.25) is 13.9 Å². The summed E-state index contributed by atoms with van der Waals surface area (Å²) in [5, 5.41) is 10.2. The van der Waals surface area contributed by atoms with Crippen molar-refractivity contribution in [1.29, 1.82) is 0 Å². The number of hydrogen-bond donors (Lipinski definition) is 3. The van der Waals surface area contributed by atoms with Crippen molar-refractivity contribution in [2.24, 2.45) is 0 Å². The van der Waals surface area contributed by atoms with Gasteiger partial charge in [-0.15, -0.1) is 0 Å². The molecule has 3 unspecified atom stereocenters. The fourth-order valence-corrected chi connectivity index (χ4v) is 5.70. The Labute approximate surface area is 232 Å². The number of nitrogens with one attached hydrogen (secondary N) is 1. The molecule has 2 aromatic heterocycles. The first kappa shape index (κ1) is 29.4. The SMILES string of the molecule is CC(C)OC(=O)[C@H](C)NP(=O)(OCC1O[C@@H](n2cnc3c(Cl)nc(N)nc32)[C@@](F)(Cl)C1O)Oc1ccccc1. The van der Waals surface area contributed by atoms with Gasteiger partial charge in [0.1, 0.15) is 29.5 Å². The average molecular weight is 607 g/mol. The van der Waals surface area contributed by atoms with Crippen LogP contribution in [0.15, 0.2) is 36.7 Å². The molecule has 3 heterocycles. The first-order valence-corrected chi connectivity index (χ1v) is 13.9. The van der Waals surface area contributed by atoms with Crippen molar-refractivity contribution >= 4 is 54.0 Å². The van der Waals surface area contributed by atoms with E-state index in [1.165, 1.54) is 19.1 Å². The van der Waals surface area contributed by atoms with Crippen molar-refractivity contribution in [2.75, 3.05) is 12.3 Å². The first-order chi connectivity index (χ1) is 18.3. The number of nitrogen functional groups attached to an aromatic ring is 1. The number of benzene rings is 1. The summed E-state index contributed by atoms with van der Waals surface area (Å²) in [4.78, 5) is 24.1. The predicted molar refractivity (Wildman–Crippen MR) is 139 cm³/mol. The maximum atomic E-state index is 15.6. The maximum absolute atomic E-state index is 15.6. The predicted octanol–water partition coefficient (Wildman–Crippen LogP) is 3.36. The lowest BCUT2D eigenvalue weighted by Crippen LogP contribution is -2.40. The number of anilines is 1. The number of aromatic nitrogens is 4. The van der Waals surface area contributed by atoms with E-state index >= 15 is 4.39 Å². The zero-order valence-corrected chi connectivity index (χ0v) is 23.3. The Morgan fingerprint density at radius 1 is 1.33 bits per heavy atom. The van der Waals surface area contributed by atoms with Gasteiger partial charge < -0.3 is 24.8 Å². The summed E-state index contributed by atoms with van der Waals surface area (Å²) in [5.41, 5.74) is 5.76. The molecule has 0 spiro atoms. The van der Waals surface area contributed by atoms with Crippen LogP contribution in [-0.4, -0.2) is 66.7 Å². The molecule has 1 aromatic carbocycles. The van der Waals surface area contributed by atoms with Crippen molar-refractivity contribution in [3.63, 3.8) is 0 Å². The number of imidazole rings is 1. The van der Waals surface area contributed by atoms with Crippen molar-refractivity contribution < 1.29 is 37.4 Å². The molecule has 4 N–H and O–H groups in total. The summed E-state index contributed by atoms with van der Waals surface area (Å²) in [6.07, 6.45) is -4.36. The molecule has 0 radical (unpaired) electrons. The van der Waals surface area contributed by atoms with E-state index in [1.54, 1.807) is 32.0 Å². The molecule has 6 atom stereocenters. The monoisotopic (exact) mass is 606 g/mol. The summed E-state index contributed by atoms with van der Waals surface area (Å²) < 4.78 is 52.3. The average Bonchev–Trinajstić information content (AvgIpc) is 3.36. The number of carbonyl (C=O) groups is 1. The highest BCUT2D eigenvalue weighted by atomic mass is 35.5. The van der Waals surface area contributed by atoms with E-state index < -0.39 is 56.0 Å². The second-order valence-corrected chi connectivity index (χ2v) is 11.5. The van der Waals surface area contributed by atoms with Gasteiger partial charge in [-0.1, -0.05) is 41.4 Å². The van der Waals surface area contributed by atoms with Gasteiger partial charge in [0.05, 0.1) is 19.0 Å². The number of nitrogens with two attached hydrogens (primary N) is 1. The fraction of sp³-hybridized carbons (Fsp3) is 0.455. The molecule has 1 fully saturated rings. The minimum Gasteiger partial charge on any atom is -0.462 e. The quantitative estimate of drug-likeness (QED) is 0.133. The summed E-state index contributed by atoms with van der Waals surface area (Å²) in [5.74, 6) is -0.764. The topological polar surface area (TPSA) is 173 Å². The van der Waals surface area contributed by atoms with Gasteiger partial charge in [-0.25, -0.2) is 13.9 Å². The maximum Gasteiger partial charge on any atom is 0.459 e. The van der Waals surface area contributed by atoms with Crippen LogP contribution in [0, 0.1) is 0 Å². The molecule has 0 saturated carbocycles. The summed E-state index contributed by atoms with van der Waals surface area (Å²) >= 11 is 12.1. The van der Waals surface area contributed by atoms with Crippen LogP contribution in [0.25, 0.3) is 11.2 Å². The zero-order chi connectivity index (χ0) is 28.5. The van der Waals surface area contributed by atoms with E-state index in [2.05, 4.69) is 20.0 Å². The molecule has 17 heteroatoms. The molecular formula is C22H26Cl2FN6O7P. The number of aliphatic hydroxyl groups is 1. The van der Waals surface area contributed by atoms with Crippen LogP contribution < -0.4 is 15.3 Å². The number of hydrogen-bond acceptors (Lipinski definition) is 11. The third-order valence-electron chi connectivity index (χ3n) is 5.46. The van der Waals surface area contributed by atoms with Crippen molar-refractivity contribution in [1.82, 2.24) is 24.6 Å². The molecule has 0 bridgehead atoms. The Morgan fingerprint density at radius 2 is 2.03 bits per heavy atom. The van der Waals surface area contributed by atoms with E-state index in [-0.39, 0.29) is 28.0 Å². The van der Waals surface area contributed by atoms with Crippen molar-refractivity contribution in [3.05, 3.63) is 41.8 Å².